The van der Waals surface area contributed by atoms with Crippen molar-refractivity contribution in [2.75, 3.05) is 110 Å². The van der Waals surface area contributed by atoms with Gasteiger partial charge in [0.25, 0.3) is 0 Å². The first kappa shape index (κ1) is 104. The molecular formula is C103H138N26O10. The monoisotopic (exact) mass is 1900 g/mol. The first-order chi connectivity index (χ1) is 67.9. The van der Waals surface area contributed by atoms with Crippen LogP contribution in [0.2, 0.25) is 0 Å². The summed E-state index contributed by atoms with van der Waals surface area (Å²) in [6, 6.07) is 26.2. The second-order valence-corrected chi connectivity index (χ2v) is 34.0. The van der Waals surface area contributed by atoms with Crippen LogP contribution < -0.4 is 63.1 Å². The van der Waals surface area contributed by atoms with E-state index in [4.69, 9.17) is 70.0 Å². The van der Waals surface area contributed by atoms with Crippen molar-refractivity contribution in [3.8, 4) is 45.7 Å². The summed E-state index contributed by atoms with van der Waals surface area (Å²) in [5.41, 5.74) is 38.8. The van der Waals surface area contributed by atoms with E-state index < -0.39 is 0 Å². The maximum atomic E-state index is 6.28. The van der Waals surface area contributed by atoms with Crippen LogP contribution >= 0.6 is 0 Å². The van der Waals surface area contributed by atoms with Crippen LogP contribution in [0.3, 0.4) is 0 Å². The third-order valence-electron chi connectivity index (χ3n) is 23.9. The van der Waals surface area contributed by atoms with Gasteiger partial charge in [0.1, 0.15) is 68.8 Å². The van der Waals surface area contributed by atoms with Crippen LogP contribution in [-0.2, 0) is 30.7 Å². The fraction of sp³-hybridized carbons (Fsp3) is 0.466. The maximum absolute atomic E-state index is 6.28. The van der Waals surface area contributed by atoms with Gasteiger partial charge in [0.05, 0.1) is 57.7 Å². The number of ether oxygens (including phenoxy) is 9. The number of nitrogens with one attached hydrogen (secondary N) is 4. The van der Waals surface area contributed by atoms with E-state index in [1.165, 1.54) is 12.0 Å². The zero-order valence-electron chi connectivity index (χ0n) is 82.1. The van der Waals surface area contributed by atoms with Gasteiger partial charge in [-0.2, -0.15) is 5.10 Å². The summed E-state index contributed by atoms with van der Waals surface area (Å²) in [5.74, 6) is 7.21. The molecule has 5 fully saturated rings. The molecule has 10 aromatic heterocycles. The van der Waals surface area contributed by atoms with Gasteiger partial charge in [-0.15, -0.1) is 10.2 Å². The highest BCUT2D eigenvalue weighted by atomic mass is 16.5. The molecule has 36 heteroatoms. The van der Waals surface area contributed by atoms with Crippen molar-refractivity contribution in [2.24, 2.45) is 7.05 Å². The van der Waals surface area contributed by atoms with Crippen LogP contribution in [0.1, 0.15) is 194 Å². The van der Waals surface area contributed by atoms with Gasteiger partial charge in [0.2, 0.25) is 18.2 Å². The highest BCUT2D eigenvalue weighted by Gasteiger charge is 2.30. The Balaban J connectivity index is 0.000000156. The summed E-state index contributed by atoms with van der Waals surface area (Å²) in [4.78, 5) is 61.6. The number of hydrogen-bond acceptors (Lipinski definition) is 35. The third kappa shape index (κ3) is 32.8. The molecule has 4 saturated carbocycles. The predicted octanol–water partition coefficient (Wildman–Crippen LogP) is 18.6. The van der Waals surface area contributed by atoms with E-state index in [1.807, 2.05) is 172 Å². The van der Waals surface area contributed by atoms with Gasteiger partial charge >= 0.3 is 0 Å². The highest BCUT2D eigenvalue weighted by molar-refractivity contribution is 5.87. The Kier molecular flexibility index (Phi) is 41.9. The second kappa shape index (κ2) is 55.7. The summed E-state index contributed by atoms with van der Waals surface area (Å²) in [5, 5.41) is 26.0. The van der Waals surface area contributed by atoms with Crippen molar-refractivity contribution in [3.63, 3.8) is 0 Å². The van der Waals surface area contributed by atoms with Gasteiger partial charge < -0.3 is 91.3 Å². The smallest absolute Gasteiger partial charge is 0.248 e. The van der Waals surface area contributed by atoms with E-state index in [-0.39, 0.29) is 24.4 Å². The average molecular weight is 1900 g/mol. The zero-order chi connectivity index (χ0) is 97.9. The van der Waals surface area contributed by atoms with Crippen molar-refractivity contribution in [1.82, 2.24) is 89.8 Å². The Morgan fingerprint density at radius 2 is 0.755 bits per heavy atom. The molecule has 0 amide bonds. The van der Waals surface area contributed by atoms with Gasteiger partial charge in [-0.1, -0.05) is 0 Å². The van der Waals surface area contributed by atoms with Crippen LogP contribution in [0.4, 0.5) is 46.2 Å². The van der Waals surface area contributed by atoms with Crippen molar-refractivity contribution in [2.45, 2.75) is 239 Å². The SMILES string of the molecule is CCOCC.CCOCC.CCOCC.CCOCC.Cc1cc(-c2nnco2)cnc1NC1CCC(Oc2cc(N)cc3nccnc23)CC1.Cc1cc(NC2CCC(Oc3cc(N)cc4nccnc34)CC2)ncn1.Cn1nccc1-c1ccc(NC2CCC(Oc3cc(N)cc4nccnc34)CC2)nc1.Nc1cc(OC2CCC(Nc3ncc(C4CCOCC4)cn3)CC2)c2nccnc2c1. The normalized spacial score (nSPS) is 18.3. The summed E-state index contributed by atoms with van der Waals surface area (Å²) >= 11 is 0. The van der Waals surface area contributed by atoms with E-state index in [1.54, 1.807) is 68.3 Å². The molecule has 12 N–H and O–H groups in total. The van der Waals surface area contributed by atoms with Gasteiger partial charge in [-0.3, -0.25) is 24.6 Å². The number of pyridine rings is 2. The number of aromatic nitrogens is 18. The van der Waals surface area contributed by atoms with Crippen LogP contribution in [0.5, 0.6) is 23.0 Å². The second-order valence-electron chi connectivity index (χ2n) is 34.0. The number of aryl methyl sites for hydroxylation is 3. The Bertz CT molecular complexity index is 5910. The Morgan fingerprint density at radius 1 is 0.367 bits per heavy atom. The maximum Gasteiger partial charge on any atom is 0.248 e. The quantitative estimate of drug-likeness (QED) is 0.0222. The molecule has 1 saturated heterocycles. The molecule has 19 rings (SSSR count). The van der Waals surface area contributed by atoms with E-state index in [0.717, 1.165) is 277 Å². The van der Waals surface area contributed by atoms with E-state index >= 15 is 0 Å². The van der Waals surface area contributed by atoms with Gasteiger partial charge in [0.15, 0.2) is 0 Å². The lowest BCUT2D eigenvalue weighted by atomic mass is 9.92. The van der Waals surface area contributed by atoms with Gasteiger partial charge in [0, 0.05) is 242 Å². The lowest BCUT2D eigenvalue weighted by Gasteiger charge is -2.30. The molecule has 0 unspecified atom stereocenters. The molecule has 4 aliphatic carbocycles. The standard InChI is InChI=1S/C23H25N7O.C23H28N6O2.C22H23N7O2.C19H22N6O.4C4H10O/c1-30-20(8-9-28-30)15-2-7-22(27-14-15)29-17-3-5-18(6-4-17)31-21-13-16(24)12-19-23(21)26-11-10-25-19;24-17-11-20-22(26-8-7-25-20)21(12-17)31-19-3-1-18(2-4-19)29-23-27-13-16(14-28-23)15-5-9-30-10-6-15;1-13-8-14(22-29-27-12-30-22)11-26-21(13)28-16-2-4-17(5-3-16)31-19-10-15(23)9-18-20(19)25-7-6-24-18;1-12-8-18(24-11-23-12)25-14-2-4-15(5-3-14)26-17-10-13(20)9-16-19(17)22-7-6-21-16;4*1-3-5-4-2/h2,7-14,17-18H,3-6,24H2,1H3,(H,27,29);7-8,11-15,18-19H,1-6,9-10,24H2,(H,27,28,29);6-12,16-17H,2-5,23H2,1H3,(H,26,28);6-11,14-15H,2-5,20H2,1H3,(H,23,24,25);4*3-4H2,1-2H3. The molecular weight excluding hydrogens is 1760 g/mol. The predicted molar refractivity (Wildman–Crippen MR) is 546 cm³/mol. The number of anilines is 8. The van der Waals surface area contributed by atoms with E-state index in [9.17, 15) is 0 Å². The summed E-state index contributed by atoms with van der Waals surface area (Å²) in [6.45, 7) is 28.3. The third-order valence-corrected chi connectivity index (χ3v) is 23.9. The molecule has 740 valence electrons. The topological polar surface area (TPSA) is 472 Å². The first-order valence-electron chi connectivity index (χ1n) is 48.8. The van der Waals surface area contributed by atoms with Gasteiger partial charge in [-0.25, -0.2) is 49.8 Å². The Labute approximate surface area is 814 Å². The summed E-state index contributed by atoms with van der Waals surface area (Å²) in [7, 11) is 1.93. The summed E-state index contributed by atoms with van der Waals surface area (Å²) < 4.78 is 56.9. The molecule has 0 radical (unpaired) electrons. The molecule has 0 bridgehead atoms. The number of rotatable bonds is 27. The number of nitrogen functional groups attached to an aromatic ring is 4. The van der Waals surface area contributed by atoms with E-state index in [2.05, 4.69) is 112 Å². The van der Waals surface area contributed by atoms with E-state index in [0.29, 0.717) is 81.9 Å². The first-order valence-corrected chi connectivity index (χ1v) is 48.8. The Morgan fingerprint density at radius 3 is 1.11 bits per heavy atom. The number of nitrogens with zero attached hydrogens (tertiary/aromatic N) is 18. The highest BCUT2D eigenvalue weighted by Crippen LogP contribution is 2.38. The van der Waals surface area contributed by atoms with Crippen LogP contribution in [-0.4, -0.2) is 204 Å². The minimum Gasteiger partial charge on any atom is -0.488 e. The van der Waals surface area contributed by atoms with Crippen molar-refractivity contribution < 1.29 is 47.0 Å². The largest absolute Gasteiger partial charge is 0.488 e. The van der Waals surface area contributed by atoms with Crippen LogP contribution in [0.25, 0.3) is 66.8 Å². The minimum absolute atomic E-state index is 0.124. The molecule has 11 heterocycles. The van der Waals surface area contributed by atoms with Crippen molar-refractivity contribution in [1.29, 1.82) is 0 Å². The number of hydrogen-bond donors (Lipinski definition) is 8. The number of nitrogens with two attached hydrogens (primary N) is 4. The lowest BCUT2D eigenvalue weighted by Crippen LogP contribution is -2.31. The fourth-order valence-electron chi connectivity index (χ4n) is 16.9. The van der Waals surface area contributed by atoms with Crippen LogP contribution in [0, 0.1) is 13.8 Å². The zero-order valence-corrected chi connectivity index (χ0v) is 82.1. The number of benzene rings is 4. The molecule has 0 atom stereocenters. The lowest BCUT2D eigenvalue weighted by molar-refractivity contribution is 0.0852. The molecule has 1 aliphatic heterocycles. The van der Waals surface area contributed by atoms with Crippen molar-refractivity contribution in [3.05, 3.63) is 189 Å². The summed E-state index contributed by atoms with van der Waals surface area (Å²) in [6.07, 6.45) is 44.0. The minimum atomic E-state index is 0.124. The molecule has 36 nitrogen and oxygen atoms in total. The molecule has 5 aliphatic rings. The Hall–Kier alpha value is -13.6. The number of fused-ring (bicyclic) bond motifs is 4. The van der Waals surface area contributed by atoms with Crippen molar-refractivity contribution >= 4 is 90.3 Å². The molecule has 0 spiro atoms. The average Bonchev–Trinajstić information content (AvgIpc) is 1.29. The van der Waals surface area contributed by atoms with Crippen LogP contribution in [0.15, 0.2) is 177 Å². The molecule has 4 aromatic carbocycles. The van der Waals surface area contributed by atoms with Gasteiger partial charge in [-0.05, 0) is 250 Å². The molecule has 14 aromatic rings. The molecule has 139 heavy (non-hydrogen) atoms. The fourth-order valence-corrected chi connectivity index (χ4v) is 16.9.